The first-order valence-electron chi connectivity index (χ1n) is 3.24. The van der Waals surface area contributed by atoms with Crippen molar-refractivity contribution in [2.24, 2.45) is 0 Å². The fourth-order valence-corrected chi connectivity index (χ4v) is 0.984. The molecule has 0 bridgehead atoms. The Balaban J connectivity index is 2.17. The van der Waals surface area contributed by atoms with Gasteiger partial charge in [0.05, 0.1) is 6.04 Å². The minimum atomic E-state index is -0.579. The van der Waals surface area contributed by atoms with E-state index in [0.717, 1.165) is 13.1 Å². The second-order valence-electron chi connectivity index (χ2n) is 2.28. The van der Waals surface area contributed by atoms with Crippen LogP contribution in [0, 0.1) is 0 Å². The van der Waals surface area contributed by atoms with Gasteiger partial charge in [0.2, 0.25) is 0 Å². The highest BCUT2D eigenvalue weighted by atomic mass is 16.6. The minimum Gasteiger partial charge on any atom is -0.367 e. The number of rotatable bonds is 3. The summed E-state index contributed by atoms with van der Waals surface area (Å²) in [5, 5.41) is 9.04. The van der Waals surface area contributed by atoms with Crippen molar-refractivity contribution in [1.82, 2.24) is 4.90 Å². The van der Waals surface area contributed by atoms with Crippen LogP contribution < -0.4 is 0 Å². The second kappa shape index (κ2) is 2.64. The van der Waals surface area contributed by atoms with Crippen LogP contribution in [-0.4, -0.2) is 42.5 Å². The molecule has 3 atom stereocenters. The van der Waals surface area contributed by atoms with Gasteiger partial charge in [0, 0.05) is 13.7 Å². The molecule has 0 amide bonds. The summed E-state index contributed by atoms with van der Waals surface area (Å²) in [7, 11) is 1.52. The van der Waals surface area contributed by atoms with Crippen LogP contribution in [-0.2, 0) is 4.74 Å². The van der Waals surface area contributed by atoms with Gasteiger partial charge in [-0.2, -0.15) is 0 Å². The van der Waals surface area contributed by atoms with Crippen LogP contribution >= 0.6 is 0 Å². The summed E-state index contributed by atoms with van der Waals surface area (Å²) in [6.07, 6.45) is -0.579. The molecule has 1 aliphatic rings. The van der Waals surface area contributed by atoms with Gasteiger partial charge in [-0.3, -0.25) is 4.90 Å². The molecule has 2 unspecified atom stereocenters. The third-order valence-corrected chi connectivity index (χ3v) is 1.73. The van der Waals surface area contributed by atoms with Gasteiger partial charge in [-0.25, -0.2) is 0 Å². The molecule has 3 nitrogen and oxygen atoms in total. The van der Waals surface area contributed by atoms with Gasteiger partial charge in [0.25, 0.3) is 0 Å². The molecule has 1 aliphatic heterocycles. The monoisotopic (exact) mass is 131 g/mol. The highest BCUT2D eigenvalue weighted by molar-refractivity contribution is 4.89. The van der Waals surface area contributed by atoms with E-state index in [4.69, 9.17) is 9.84 Å². The molecule has 0 aromatic heterocycles. The molecule has 0 saturated carbocycles. The van der Waals surface area contributed by atoms with Crippen LogP contribution in [0.1, 0.15) is 6.92 Å². The summed E-state index contributed by atoms with van der Waals surface area (Å²) in [6, 6.07) is 0.264. The molecule has 0 radical (unpaired) electrons. The van der Waals surface area contributed by atoms with Gasteiger partial charge in [-0.15, -0.1) is 0 Å². The lowest BCUT2D eigenvalue weighted by Crippen LogP contribution is -2.20. The molecular weight excluding hydrogens is 118 g/mol. The van der Waals surface area contributed by atoms with Crippen molar-refractivity contribution in [1.29, 1.82) is 0 Å². The van der Waals surface area contributed by atoms with E-state index in [-0.39, 0.29) is 6.04 Å². The first-order valence-corrected chi connectivity index (χ1v) is 3.24. The van der Waals surface area contributed by atoms with Crippen molar-refractivity contribution in [2.45, 2.75) is 19.3 Å². The average molecular weight is 131 g/mol. The molecule has 3 heteroatoms. The Bertz CT molecular complexity index is 97.1. The van der Waals surface area contributed by atoms with E-state index in [2.05, 4.69) is 11.8 Å². The molecule has 0 aromatic rings. The van der Waals surface area contributed by atoms with E-state index < -0.39 is 6.29 Å². The first kappa shape index (κ1) is 6.99. The topological polar surface area (TPSA) is 32.5 Å². The smallest absolute Gasteiger partial charge is 0.171 e. The van der Waals surface area contributed by atoms with Gasteiger partial charge < -0.3 is 9.84 Å². The SMILES string of the molecule is CCN1C[C@@H]1C(O)OC. The Kier molecular flexibility index (Phi) is 2.05. The largest absolute Gasteiger partial charge is 0.367 e. The van der Waals surface area contributed by atoms with Gasteiger partial charge in [-0.05, 0) is 6.54 Å². The van der Waals surface area contributed by atoms with E-state index in [1.807, 2.05) is 0 Å². The van der Waals surface area contributed by atoms with E-state index >= 15 is 0 Å². The van der Waals surface area contributed by atoms with Crippen molar-refractivity contribution in [2.75, 3.05) is 20.2 Å². The van der Waals surface area contributed by atoms with E-state index in [0.29, 0.717) is 0 Å². The maximum absolute atomic E-state index is 9.04. The fourth-order valence-electron chi connectivity index (χ4n) is 0.984. The van der Waals surface area contributed by atoms with Crippen molar-refractivity contribution in [3.8, 4) is 0 Å². The maximum Gasteiger partial charge on any atom is 0.171 e. The molecule has 0 spiro atoms. The standard InChI is InChI=1S/C6H13NO2/c1-3-7-4-5(7)6(8)9-2/h5-6,8H,3-4H2,1-2H3/t5-,6?,7?/m1/s1. The lowest BCUT2D eigenvalue weighted by atomic mass is 10.5. The number of hydrogen-bond donors (Lipinski definition) is 1. The molecule has 1 heterocycles. The molecule has 9 heavy (non-hydrogen) atoms. The lowest BCUT2D eigenvalue weighted by Gasteiger charge is -2.05. The summed E-state index contributed by atoms with van der Waals surface area (Å²) in [5.74, 6) is 0. The first-order chi connectivity index (χ1) is 4.29. The molecule has 0 aliphatic carbocycles. The molecule has 1 saturated heterocycles. The summed E-state index contributed by atoms with van der Waals surface area (Å²) >= 11 is 0. The van der Waals surface area contributed by atoms with Crippen LogP contribution in [0.25, 0.3) is 0 Å². The molecule has 54 valence electrons. The number of methoxy groups -OCH3 is 1. The highest BCUT2D eigenvalue weighted by Crippen LogP contribution is 2.19. The number of aliphatic hydroxyl groups is 1. The molecular formula is C6H13NO2. The normalized spacial score (nSPS) is 36.3. The molecule has 1 rings (SSSR count). The zero-order valence-corrected chi connectivity index (χ0v) is 5.87. The number of likely N-dealkylation sites (N-methyl/N-ethyl adjacent to an activating group) is 1. The van der Waals surface area contributed by atoms with Gasteiger partial charge in [-0.1, -0.05) is 6.92 Å². The number of nitrogens with zero attached hydrogens (tertiary/aromatic N) is 1. The van der Waals surface area contributed by atoms with Gasteiger partial charge >= 0.3 is 0 Å². The number of ether oxygens (including phenoxy) is 1. The highest BCUT2D eigenvalue weighted by Gasteiger charge is 2.38. The number of aliphatic hydroxyl groups excluding tert-OH is 1. The fraction of sp³-hybridized carbons (Fsp3) is 1.00. The van der Waals surface area contributed by atoms with Crippen molar-refractivity contribution >= 4 is 0 Å². The van der Waals surface area contributed by atoms with Crippen molar-refractivity contribution in [3.63, 3.8) is 0 Å². The average Bonchev–Trinajstić information content (AvgIpc) is 2.64. The quantitative estimate of drug-likeness (QED) is 0.420. The summed E-state index contributed by atoms with van der Waals surface area (Å²) in [6.45, 7) is 4.05. The second-order valence-corrected chi connectivity index (χ2v) is 2.28. The Morgan fingerprint density at radius 2 is 2.56 bits per heavy atom. The predicted molar refractivity (Wildman–Crippen MR) is 34.1 cm³/mol. The van der Waals surface area contributed by atoms with Crippen molar-refractivity contribution < 1.29 is 9.84 Å². The zero-order chi connectivity index (χ0) is 6.85. The van der Waals surface area contributed by atoms with Crippen molar-refractivity contribution in [3.05, 3.63) is 0 Å². The zero-order valence-electron chi connectivity index (χ0n) is 5.87. The summed E-state index contributed by atoms with van der Waals surface area (Å²) in [4.78, 5) is 2.15. The Hall–Kier alpha value is -0.120. The van der Waals surface area contributed by atoms with Crippen LogP contribution in [0.2, 0.25) is 0 Å². The summed E-state index contributed by atoms with van der Waals surface area (Å²) in [5.41, 5.74) is 0. The van der Waals surface area contributed by atoms with E-state index in [1.54, 1.807) is 0 Å². The summed E-state index contributed by atoms with van der Waals surface area (Å²) < 4.78 is 4.72. The molecule has 1 N–H and O–H groups in total. The van der Waals surface area contributed by atoms with E-state index in [9.17, 15) is 0 Å². The molecule has 1 fully saturated rings. The van der Waals surface area contributed by atoms with Gasteiger partial charge in [0.15, 0.2) is 6.29 Å². The third-order valence-electron chi connectivity index (χ3n) is 1.73. The van der Waals surface area contributed by atoms with Gasteiger partial charge in [0.1, 0.15) is 0 Å². The lowest BCUT2D eigenvalue weighted by molar-refractivity contribution is -0.0800. The Morgan fingerprint density at radius 1 is 1.89 bits per heavy atom. The Labute approximate surface area is 55.2 Å². The van der Waals surface area contributed by atoms with E-state index in [1.165, 1.54) is 7.11 Å². The minimum absolute atomic E-state index is 0.264. The van der Waals surface area contributed by atoms with Crippen LogP contribution in [0.5, 0.6) is 0 Å². The molecule has 0 aromatic carbocycles. The predicted octanol–water partition coefficient (Wildman–Crippen LogP) is -0.345. The van der Waals surface area contributed by atoms with Crippen LogP contribution in [0.4, 0.5) is 0 Å². The Morgan fingerprint density at radius 3 is 2.89 bits per heavy atom. The maximum atomic E-state index is 9.04. The number of hydrogen-bond acceptors (Lipinski definition) is 3. The van der Waals surface area contributed by atoms with Crippen LogP contribution in [0.15, 0.2) is 0 Å². The van der Waals surface area contributed by atoms with Crippen LogP contribution in [0.3, 0.4) is 0 Å². The third kappa shape index (κ3) is 1.41.